The molecule has 5 heteroatoms. The highest BCUT2D eigenvalue weighted by Crippen LogP contribution is 2.31. The van der Waals surface area contributed by atoms with E-state index in [1.54, 1.807) is 24.4 Å². The van der Waals surface area contributed by atoms with Gasteiger partial charge in [-0.05, 0) is 36.8 Å². The van der Waals surface area contributed by atoms with Crippen LogP contribution in [-0.2, 0) is 0 Å². The van der Waals surface area contributed by atoms with Gasteiger partial charge in [-0.15, -0.1) is 11.3 Å². The zero-order chi connectivity index (χ0) is 13.4. The van der Waals surface area contributed by atoms with Crippen molar-refractivity contribution in [2.45, 2.75) is 6.92 Å². The van der Waals surface area contributed by atoms with Gasteiger partial charge in [-0.2, -0.15) is 0 Å². The number of hydrogen-bond donors (Lipinski definition) is 1. The molecule has 0 saturated carbocycles. The highest BCUT2D eigenvalue weighted by molar-refractivity contribution is 7.21. The average Bonchev–Trinajstić information content (AvgIpc) is 2.81. The number of aromatic carboxylic acids is 1. The number of carbonyl (C=O) groups is 1. The molecule has 0 radical (unpaired) electrons. The van der Waals surface area contributed by atoms with Gasteiger partial charge >= 0.3 is 5.97 Å². The van der Waals surface area contributed by atoms with E-state index in [2.05, 4.69) is 9.97 Å². The fourth-order valence-corrected chi connectivity index (χ4v) is 2.94. The molecule has 2 heterocycles. The normalized spacial score (nSPS) is 10.8. The molecule has 19 heavy (non-hydrogen) atoms. The Balaban J connectivity index is 2.17. The number of aryl methyl sites for hydroxylation is 1. The van der Waals surface area contributed by atoms with Gasteiger partial charge in [0.15, 0.2) is 0 Å². The van der Waals surface area contributed by atoms with Crippen LogP contribution in [-0.4, -0.2) is 21.0 Å². The molecule has 0 aliphatic carbocycles. The minimum Gasteiger partial charge on any atom is -0.478 e. The van der Waals surface area contributed by atoms with E-state index in [0.717, 1.165) is 26.5 Å². The molecule has 3 rings (SSSR count). The molecule has 2 aromatic heterocycles. The first kappa shape index (κ1) is 11.8. The maximum atomic E-state index is 10.9. The van der Waals surface area contributed by atoms with E-state index in [-0.39, 0.29) is 5.56 Å². The van der Waals surface area contributed by atoms with Crippen molar-refractivity contribution < 1.29 is 9.90 Å². The van der Waals surface area contributed by atoms with Crippen LogP contribution in [0.15, 0.2) is 36.5 Å². The summed E-state index contributed by atoms with van der Waals surface area (Å²) in [5.41, 5.74) is 2.98. The molecule has 0 unspecified atom stereocenters. The number of hydrogen-bond acceptors (Lipinski definition) is 4. The summed E-state index contributed by atoms with van der Waals surface area (Å²) in [7, 11) is 0. The smallest absolute Gasteiger partial charge is 0.335 e. The van der Waals surface area contributed by atoms with Crippen molar-refractivity contribution in [1.82, 2.24) is 9.97 Å². The van der Waals surface area contributed by atoms with Crippen molar-refractivity contribution in [2.24, 2.45) is 0 Å². The van der Waals surface area contributed by atoms with Crippen LogP contribution in [0.5, 0.6) is 0 Å². The average molecular weight is 270 g/mol. The van der Waals surface area contributed by atoms with E-state index in [0.29, 0.717) is 0 Å². The van der Waals surface area contributed by atoms with Crippen molar-refractivity contribution in [3.05, 3.63) is 47.7 Å². The lowest BCUT2D eigenvalue weighted by atomic mass is 10.2. The van der Waals surface area contributed by atoms with Crippen molar-refractivity contribution in [1.29, 1.82) is 0 Å². The molecular formula is C14H10N2O2S. The Bertz CT molecular complexity index is 780. The number of rotatable bonds is 2. The Morgan fingerprint density at radius 3 is 2.89 bits per heavy atom. The molecule has 0 amide bonds. The number of thiazole rings is 1. The molecular weight excluding hydrogens is 260 g/mol. The number of carboxylic acids is 1. The summed E-state index contributed by atoms with van der Waals surface area (Å²) < 4.78 is 0.861. The van der Waals surface area contributed by atoms with E-state index < -0.39 is 5.97 Å². The number of pyridine rings is 1. The first-order valence-corrected chi connectivity index (χ1v) is 6.52. The highest BCUT2D eigenvalue weighted by atomic mass is 32.1. The SMILES string of the molecule is Cc1cccnc1-c1nc2ccc(C(=O)O)cc2s1. The fourth-order valence-electron chi connectivity index (χ4n) is 1.87. The Kier molecular flexibility index (Phi) is 2.76. The van der Waals surface area contributed by atoms with Crippen LogP contribution in [0.1, 0.15) is 15.9 Å². The van der Waals surface area contributed by atoms with Gasteiger partial charge in [0.25, 0.3) is 0 Å². The largest absolute Gasteiger partial charge is 0.478 e. The van der Waals surface area contributed by atoms with E-state index >= 15 is 0 Å². The van der Waals surface area contributed by atoms with Gasteiger partial charge in [-0.25, -0.2) is 9.78 Å². The van der Waals surface area contributed by atoms with Crippen molar-refractivity contribution in [3.63, 3.8) is 0 Å². The molecule has 4 nitrogen and oxygen atoms in total. The topological polar surface area (TPSA) is 63.1 Å². The van der Waals surface area contributed by atoms with Crippen LogP contribution in [0, 0.1) is 6.92 Å². The van der Waals surface area contributed by atoms with E-state index in [9.17, 15) is 4.79 Å². The minimum absolute atomic E-state index is 0.278. The molecule has 0 atom stereocenters. The fraction of sp³-hybridized carbons (Fsp3) is 0.0714. The standard InChI is InChI=1S/C14H10N2O2S/c1-8-3-2-6-15-12(8)13-16-10-5-4-9(14(17)18)7-11(10)19-13/h2-7H,1H3,(H,17,18). The van der Waals surface area contributed by atoms with Crippen LogP contribution in [0.3, 0.4) is 0 Å². The number of nitrogens with zero attached hydrogens (tertiary/aromatic N) is 2. The van der Waals surface area contributed by atoms with Crippen LogP contribution in [0.2, 0.25) is 0 Å². The van der Waals surface area contributed by atoms with Gasteiger partial charge in [0.05, 0.1) is 15.8 Å². The van der Waals surface area contributed by atoms with Gasteiger partial charge in [0.2, 0.25) is 0 Å². The molecule has 0 fully saturated rings. The zero-order valence-electron chi connectivity index (χ0n) is 10.1. The predicted molar refractivity (Wildman–Crippen MR) is 74.5 cm³/mol. The monoisotopic (exact) mass is 270 g/mol. The van der Waals surface area contributed by atoms with Crippen molar-refractivity contribution in [3.8, 4) is 10.7 Å². The van der Waals surface area contributed by atoms with E-state index in [1.807, 2.05) is 19.1 Å². The van der Waals surface area contributed by atoms with E-state index in [1.165, 1.54) is 11.3 Å². The summed E-state index contributed by atoms with van der Waals surface area (Å²) >= 11 is 1.46. The van der Waals surface area contributed by atoms with Crippen LogP contribution >= 0.6 is 11.3 Å². The first-order chi connectivity index (χ1) is 9.15. The molecule has 1 N–H and O–H groups in total. The molecule has 0 bridgehead atoms. The lowest BCUT2D eigenvalue weighted by molar-refractivity contribution is 0.0697. The Morgan fingerprint density at radius 1 is 1.32 bits per heavy atom. The molecule has 0 saturated heterocycles. The summed E-state index contributed by atoms with van der Waals surface area (Å²) in [4.78, 5) is 19.8. The third-order valence-electron chi connectivity index (χ3n) is 2.85. The molecule has 3 aromatic rings. The molecule has 0 aliphatic rings. The lowest BCUT2D eigenvalue weighted by Gasteiger charge is -1.98. The quantitative estimate of drug-likeness (QED) is 0.775. The number of fused-ring (bicyclic) bond motifs is 1. The Hall–Kier alpha value is -2.27. The van der Waals surface area contributed by atoms with Gasteiger partial charge in [0.1, 0.15) is 10.7 Å². The third-order valence-corrected chi connectivity index (χ3v) is 3.87. The summed E-state index contributed by atoms with van der Waals surface area (Å²) in [6, 6.07) is 8.82. The maximum Gasteiger partial charge on any atom is 0.335 e. The lowest BCUT2D eigenvalue weighted by Crippen LogP contribution is -1.94. The van der Waals surface area contributed by atoms with E-state index in [4.69, 9.17) is 5.11 Å². The number of carboxylic acid groups (broad SMARTS) is 1. The third kappa shape index (κ3) is 2.08. The minimum atomic E-state index is -0.925. The summed E-state index contributed by atoms with van der Waals surface area (Å²) in [6.45, 7) is 1.98. The highest BCUT2D eigenvalue weighted by Gasteiger charge is 2.11. The molecule has 0 spiro atoms. The zero-order valence-corrected chi connectivity index (χ0v) is 10.9. The second-order valence-corrected chi connectivity index (χ2v) is 5.21. The second-order valence-electron chi connectivity index (χ2n) is 4.18. The van der Waals surface area contributed by atoms with Gasteiger partial charge in [0, 0.05) is 6.20 Å². The predicted octanol–water partition coefficient (Wildman–Crippen LogP) is 3.36. The Labute approximate surface area is 113 Å². The summed E-state index contributed by atoms with van der Waals surface area (Å²) in [5.74, 6) is -0.925. The van der Waals surface area contributed by atoms with Gasteiger partial charge in [-0.3, -0.25) is 4.98 Å². The van der Waals surface area contributed by atoms with Crippen molar-refractivity contribution >= 4 is 27.5 Å². The van der Waals surface area contributed by atoms with Crippen LogP contribution in [0.4, 0.5) is 0 Å². The summed E-state index contributed by atoms with van der Waals surface area (Å²) in [5, 5.41) is 9.80. The van der Waals surface area contributed by atoms with Gasteiger partial charge < -0.3 is 5.11 Å². The Morgan fingerprint density at radius 2 is 2.16 bits per heavy atom. The molecule has 94 valence electrons. The van der Waals surface area contributed by atoms with Crippen LogP contribution < -0.4 is 0 Å². The van der Waals surface area contributed by atoms with Gasteiger partial charge in [-0.1, -0.05) is 6.07 Å². The molecule has 0 aliphatic heterocycles. The molecule has 1 aromatic carbocycles. The second kappa shape index (κ2) is 4.44. The van der Waals surface area contributed by atoms with Crippen LogP contribution in [0.25, 0.3) is 20.9 Å². The van der Waals surface area contributed by atoms with Crippen molar-refractivity contribution in [2.75, 3.05) is 0 Å². The number of aromatic nitrogens is 2. The number of benzene rings is 1. The first-order valence-electron chi connectivity index (χ1n) is 5.71. The maximum absolute atomic E-state index is 10.9. The summed E-state index contributed by atoms with van der Waals surface area (Å²) in [6.07, 6.45) is 1.73.